The molecular formula is C18H20FN5O2S. The number of hydrogen-bond donors (Lipinski definition) is 0. The lowest BCUT2D eigenvalue weighted by molar-refractivity contribution is -0.127. The van der Waals surface area contributed by atoms with Crippen molar-refractivity contribution in [2.24, 2.45) is 0 Å². The molecular weight excluding hydrogens is 369 g/mol. The van der Waals surface area contributed by atoms with Crippen LogP contribution in [0.15, 0.2) is 29.4 Å². The molecule has 0 aliphatic carbocycles. The summed E-state index contributed by atoms with van der Waals surface area (Å²) in [4.78, 5) is 22.6. The average molecular weight is 389 g/mol. The van der Waals surface area contributed by atoms with E-state index in [1.165, 1.54) is 29.8 Å². The Hall–Kier alpha value is -2.68. The van der Waals surface area contributed by atoms with Gasteiger partial charge in [0.1, 0.15) is 0 Å². The van der Waals surface area contributed by atoms with Crippen LogP contribution in [0.25, 0.3) is 5.78 Å². The Bertz CT molecular complexity index is 991. The Morgan fingerprint density at radius 2 is 2.07 bits per heavy atom. The number of fused-ring (bicyclic) bond motifs is 1. The summed E-state index contributed by atoms with van der Waals surface area (Å²) in [5.41, 5.74) is 2.49. The highest BCUT2D eigenvalue weighted by molar-refractivity contribution is 7.99. The number of rotatable bonds is 6. The van der Waals surface area contributed by atoms with Crippen molar-refractivity contribution in [1.82, 2.24) is 24.5 Å². The van der Waals surface area contributed by atoms with Gasteiger partial charge in [-0.05, 0) is 37.6 Å². The molecule has 0 aliphatic rings. The molecule has 1 aromatic carbocycles. The van der Waals surface area contributed by atoms with E-state index in [9.17, 15) is 9.18 Å². The summed E-state index contributed by atoms with van der Waals surface area (Å²) in [6, 6.07) is 6.58. The first-order chi connectivity index (χ1) is 12.9. The van der Waals surface area contributed by atoms with Crippen molar-refractivity contribution < 1.29 is 13.9 Å². The molecule has 3 aromatic rings. The fourth-order valence-electron chi connectivity index (χ4n) is 2.62. The van der Waals surface area contributed by atoms with E-state index in [1.54, 1.807) is 23.7 Å². The van der Waals surface area contributed by atoms with Gasteiger partial charge in [0.05, 0.1) is 12.9 Å². The molecule has 0 atom stereocenters. The Kier molecular flexibility index (Phi) is 5.59. The van der Waals surface area contributed by atoms with Gasteiger partial charge in [-0.15, -0.1) is 5.10 Å². The molecule has 0 aliphatic heterocycles. The summed E-state index contributed by atoms with van der Waals surface area (Å²) in [6.07, 6.45) is 0. The molecule has 27 heavy (non-hydrogen) atoms. The van der Waals surface area contributed by atoms with Crippen molar-refractivity contribution in [2.75, 3.05) is 19.9 Å². The van der Waals surface area contributed by atoms with Crippen molar-refractivity contribution >= 4 is 23.4 Å². The molecule has 3 rings (SSSR count). The minimum absolute atomic E-state index is 0.101. The van der Waals surface area contributed by atoms with Crippen molar-refractivity contribution in [2.45, 2.75) is 25.5 Å². The van der Waals surface area contributed by atoms with Crippen LogP contribution in [-0.4, -0.2) is 50.3 Å². The molecule has 0 N–H and O–H groups in total. The lowest BCUT2D eigenvalue weighted by atomic mass is 10.2. The van der Waals surface area contributed by atoms with Crippen LogP contribution in [0.2, 0.25) is 0 Å². The first-order valence-electron chi connectivity index (χ1n) is 8.27. The largest absolute Gasteiger partial charge is 0.494 e. The number of carbonyl (C=O) groups excluding carboxylic acids is 1. The minimum atomic E-state index is -0.447. The van der Waals surface area contributed by atoms with Crippen LogP contribution in [0.4, 0.5) is 4.39 Å². The summed E-state index contributed by atoms with van der Waals surface area (Å²) >= 11 is 1.25. The number of aryl methyl sites for hydroxylation is 2. The second-order valence-electron chi connectivity index (χ2n) is 6.15. The summed E-state index contributed by atoms with van der Waals surface area (Å²) < 4.78 is 20.3. The highest BCUT2D eigenvalue weighted by Gasteiger charge is 2.14. The Labute approximate surface area is 160 Å². The van der Waals surface area contributed by atoms with Crippen LogP contribution in [0.5, 0.6) is 5.75 Å². The molecule has 0 fully saturated rings. The first-order valence-corrected chi connectivity index (χ1v) is 9.26. The van der Waals surface area contributed by atoms with E-state index in [2.05, 4.69) is 15.1 Å². The number of methoxy groups -OCH3 is 1. The summed E-state index contributed by atoms with van der Waals surface area (Å²) in [5.74, 6) is 0.336. The van der Waals surface area contributed by atoms with Crippen LogP contribution in [0, 0.1) is 19.7 Å². The van der Waals surface area contributed by atoms with E-state index in [1.807, 2.05) is 19.9 Å². The van der Waals surface area contributed by atoms with E-state index in [0.29, 0.717) is 23.0 Å². The molecule has 9 heteroatoms. The SMILES string of the molecule is COc1ccc(CN(C)C(=O)CSc2nc3nc(C)cc(C)n3n2)cc1F. The molecule has 7 nitrogen and oxygen atoms in total. The number of carbonyl (C=O) groups is 1. The fraction of sp³-hybridized carbons (Fsp3) is 0.333. The zero-order chi connectivity index (χ0) is 19.6. The van der Waals surface area contributed by atoms with Crippen LogP contribution < -0.4 is 4.74 Å². The predicted molar refractivity (Wildman–Crippen MR) is 100 cm³/mol. The van der Waals surface area contributed by atoms with E-state index >= 15 is 0 Å². The third-order valence-corrected chi connectivity index (χ3v) is 4.81. The third-order valence-electron chi connectivity index (χ3n) is 3.99. The number of nitrogens with zero attached hydrogens (tertiary/aromatic N) is 5. The predicted octanol–water partition coefficient (Wildman–Crippen LogP) is 2.64. The molecule has 2 aromatic heterocycles. The van der Waals surface area contributed by atoms with Gasteiger partial charge < -0.3 is 9.64 Å². The van der Waals surface area contributed by atoms with E-state index < -0.39 is 5.82 Å². The monoisotopic (exact) mass is 389 g/mol. The average Bonchev–Trinajstić information content (AvgIpc) is 3.03. The van der Waals surface area contributed by atoms with Gasteiger partial charge in [0.25, 0.3) is 5.78 Å². The second-order valence-corrected chi connectivity index (χ2v) is 7.09. The smallest absolute Gasteiger partial charge is 0.253 e. The highest BCUT2D eigenvalue weighted by Crippen LogP contribution is 2.19. The summed E-state index contributed by atoms with van der Waals surface area (Å²) in [6.45, 7) is 4.13. The second kappa shape index (κ2) is 7.91. The number of amides is 1. The Balaban J connectivity index is 1.61. The van der Waals surface area contributed by atoms with Crippen LogP contribution >= 0.6 is 11.8 Å². The van der Waals surface area contributed by atoms with Crippen molar-refractivity contribution in [3.63, 3.8) is 0 Å². The molecule has 1 amide bonds. The Morgan fingerprint density at radius 1 is 1.30 bits per heavy atom. The molecule has 0 unspecified atom stereocenters. The van der Waals surface area contributed by atoms with Crippen molar-refractivity contribution in [3.8, 4) is 5.75 Å². The quantitative estimate of drug-likeness (QED) is 0.604. The van der Waals surface area contributed by atoms with Gasteiger partial charge in [-0.3, -0.25) is 4.79 Å². The van der Waals surface area contributed by atoms with Gasteiger partial charge in [-0.1, -0.05) is 17.8 Å². The van der Waals surface area contributed by atoms with Crippen LogP contribution in [0.1, 0.15) is 17.0 Å². The number of ether oxygens (including phenoxy) is 1. The van der Waals surface area contributed by atoms with Gasteiger partial charge in [0, 0.05) is 25.0 Å². The van der Waals surface area contributed by atoms with Gasteiger partial charge in [-0.2, -0.15) is 4.98 Å². The van der Waals surface area contributed by atoms with E-state index in [-0.39, 0.29) is 17.4 Å². The maximum absolute atomic E-state index is 13.8. The number of thioether (sulfide) groups is 1. The maximum Gasteiger partial charge on any atom is 0.253 e. The number of halogens is 1. The standard InChI is InChI=1S/C18H20FN5O2S/c1-11-7-12(2)24-17(20-11)21-18(22-24)27-10-16(25)23(3)9-13-5-6-15(26-4)14(19)8-13/h5-8H,9-10H2,1-4H3. The van der Waals surface area contributed by atoms with Crippen LogP contribution in [0.3, 0.4) is 0 Å². The molecule has 0 radical (unpaired) electrons. The van der Waals surface area contributed by atoms with E-state index in [4.69, 9.17) is 4.74 Å². The number of aromatic nitrogens is 4. The fourth-order valence-corrected chi connectivity index (χ4v) is 3.37. The molecule has 0 saturated heterocycles. The van der Waals surface area contributed by atoms with Gasteiger partial charge in [0.2, 0.25) is 11.1 Å². The topological polar surface area (TPSA) is 72.6 Å². The first kappa shape index (κ1) is 19.1. The van der Waals surface area contributed by atoms with Gasteiger partial charge >= 0.3 is 0 Å². The van der Waals surface area contributed by atoms with Crippen molar-refractivity contribution in [1.29, 1.82) is 0 Å². The third kappa shape index (κ3) is 4.36. The zero-order valence-corrected chi connectivity index (χ0v) is 16.4. The normalized spacial score (nSPS) is 11.0. The molecule has 0 spiro atoms. The molecule has 142 valence electrons. The molecule has 0 bridgehead atoms. The number of benzene rings is 1. The highest BCUT2D eigenvalue weighted by atomic mass is 32.2. The lowest BCUT2D eigenvalue weighted by Crippen LogP contribution is -2.27. The van der Waals surface area contributed by atoms with E-state index in [0.717, 1.165) is 11.4 Å². The minimum Gasteiger partial charge on any atom is -0.494 e. The lowest BCUT2D eigenvalue weighted by Gasteiger charge is -2.17. The summed E-state index contributed by atoms with van der Waals surface area (Å²) in [7, 11) is 3.09. The van der Waals surface area contributed by atoms with Gasteiger partial charge in [-0.25, -0.2) is 13.9 Å². The Morgan fingerprint density at radius 3 is 2.78 bits per heavy atom. The molecule has 2 heterocycles. The molecule has 0 saturated carbocycles. The zero-order valence-electron chi connectivity index (χ0n) is 15.6. The van der Waals surface area contributed by atoms with Crippen LogP contribution in [-0.2, 0) is 11.3 Å². The summed E-state index contributed by atoms with van der Waals surface area (Å²) in [5, 5.41) is 4.87. The van der Waals surface area contributed by atoms with Crippen molar-refractivity contribution in [3.05, 3.63) is 47.0 Å². The van der Waals surface area contributed by atoms with Gasteiger partial charge in [0.15, 0.2) is 11.6 Å². The number of hydrogen-bond acceptors (Lipinski definition) is 6. The maximum atomic E-state index is 13.8.